The van der Waals surface area contributed by atoms with E-state index in [9.17, 15) is 23.1 Å². The molecular weight excluding hydrogens is 315 g/mol. The van der Waals surface area contributed by atoms with Crippen LogP contribution in [-0.2, 0) is 5.60 Å². The maximum absolute atomic E-state index is 12.3. The van der Waals surface area contributed by atoms with E-state index in [2.05, 4.69) is 10.1 Å². The summed E-state index contributed by atoms with van der Waals surface area (Å²) in [6, 6.07) is 8.04. The Hall–Kier alpha value is -2.48. The molecule has 0 saturated heterocycles. The third-order valence-corrected chi connectivity index (χ3v) is 3.00. The van der Waals surface area contributed by atoms with Gasteiger partial charge in [0.25, 0.3) is 5.91 Å². The third kappa shape index (κ3) is 4.49. The summed E-state index contributed by atoms with van der Waals surface area (Å²) in [4.78, 5) is 12.1. The second kappa shape index (κ2) is 6.33. The zero-order chi connectivity index (χ0) is 17.1. The summed E-state index contributed by atoms with van der Waals surface area (Å²) >= 11 is 0. The lowest BCUT2D eigenvalue weighted by Crippen LogP contribution is -2.38. The fourth-order valence-electron chi connectivity index (χ4n) is 1.89. The van der Waals surface area contributed by atoms with Gasteiger partial charge in [0.2, 0.25) is 0 Å². The summed E-state index contributed by atoms with van der Waals surface area (Å²) in [5.41, 5.74) is -1.79. The predicted molar refractivity (Wildman–Crippen MR) is 73.7 cm³/mol. The number of amides is 1. The van der Waals surface area contributed by atoms with Crippen LogP contribution < -0.4 is 10.1 Å². The fraction of sp³-hybridized carbons (Fsp3) is 0.267. The first-order valence-electron chi connectivity index (χ1n) is 6.58. The van der Waals surface area contributed by atoms with E-state index in [-0.39, 0.29) is 17.9 Å². The van der Waals surface area contributed by atoms with Crippen molar-refractivity contribution >= 4 is 5.91 Å². The van der Waals surface area contributed by atoms with Crippen molar-refractivity contribution in [3.63, 3.8) is 0 Å². The number of furan rings is 1. The fourth-order valence-corrected chi connectivity index (χ4v) is 1.89. The van der Waals surface area contributed by atoms with Crippen LogP contribution in [0.5, 0.6) is 5.75 Å². The van der Waals surface area contributed by atoms with Gasteiger partial charge in [-0.2, -0.15) is 0 Å². The van der Waals surface area contributed by atoms with Gasteiger partial charge in [-0.1, -0.05) is 12.1 Å². The highest BCUT2D eigenvalue weighted by atomic mass is 19.4. The van der Waals surface area contributed by atoms with Crippen LogP contribution in [0.3, 0.4) is 0 Å². The number of carbonyl (C=O) groups excluding carboxylic acids is 1. The van der Waals surface area contributed by atoms with Gasteiger partial charge in [0.15, 0.2) is 0 Å². The molecule has 2 rings (SSSR count). The van der Waals surface area contributed by atoms with Gasteiger partial charge in [-0.15, -0.1) is 13.2 Å². The Kier molecular flexibility index (Phi) is 4.65. The van der Waals surface area contributed by atoms with E-state index in [1.165, 1.54) is 37.5 Å². The molecule has 1 heterocycles. The van der Waals surface area contributed by atoms with Crippen LogP contribution in [0.2, 0.25) is 0 Å². The average Bonchev–Trinajstić information content (AvgIpc) is 2.99. The predicted octanol–water partition coefficient (Wildman–Crippen LogP) is 2.82. The molecule has 8 heteroatoms. The maximum atomic E-state index is 12.3. The summed E-state index contributed by atoms with van der Waals surface area (Å²) in [6.45, 7) is 1.16. The van der Waals surface area contributed by atoms with E-state index in [0.717, 1.165) is 6.07 Å². The van der Waals surface area contributed by atoms with E-state index in [0.29, 0.717) is 0 Å². The van der Waals surface area contributed by atoms with E-state index in [1.54, 1.807) is 6.07 Å². The Morgan fingerprint density at radius 1 is 1.26 bits per heavy atom. The molecular formula is C15H14F3NO4. The highest BCUT2D eigenvalue weighted by molar-refractivity contribution is 5.96. The molecule has 1 amide bonds. The molecule has 0 aliphatic rings. The van der Waals surface area contributed by atoms with Crippen LogP contribution in [0.15, 0.2) is 47.1 Å². The molecule has 0 bridgehead atoms. The van der Waals surface area contributed by atoms with Gasteiger partial charge < -0.3 is 19.6 Å². The minimum Gasteiger partial charge on any atom is -0.466 e. The normalized spacial score (nSPS) is 14.1. The molecule has 1 aromatic carbocycles. The molecule has 0 fully saturated rings. The Balaban J connectivity index is 2.10. The molecule has 1 unspecified atom stereocenters. The largest absolute Gasteiger partial charge is 0.573 e. The molecule has 5 nitrogen and oxygen atoms in total. The summed E-state index contributed by atoms with van der Waals surface area (Å²) in [5, 5.41) is 12.6. The van der Waals surface area contributed by atoms with E-state index in [1.807, 2.05) is 0 Å². The molecule has 1 aromatic heterocycles. The zero-order valence-corrected chi connectivity index (χ0v) is 12.1. The van der Waals surface area contributed by atoms with Crippen molar-refractivity contribution in [1.29, 1.82) is 0 Å². The smallest absolute Gasteiger partial charge is 0.466 e. The molecule has 1 atom stereocenters. The second-order valence-corrected chi connectivity index (χ2v) is 4.98. The van der Waals surface area contributed by atoms with E-state index >= 15 is 0 Å². The first-order chi connectivity index (χ1) is 10.7. The minimum absolute atomic E-state index is 0.220. The van der Waals surface area contributed by atoms with Crippen LogP contribution in [0.4, 0.5) is 13.2 Å². The Morgan fingerprint density at radius 2 is 1.96 bits per heavy atom. The number of aliphatic hydroxyl groups is 1. The molecule has 124 valence electrons. The summed E-state index contributed by atoms with van der Waals surface area (Å²) in [7, 11) is 0. The minimum atomic E-state index is -4.91. The first-order valence-corrected chi connectivity index (χ1v) is 6.58. The van der Waals surface area contributed by atoms with Crippen LogP contribution >= 0.6 is 0 Å². The van der Waals surface area contributed by atoms with Gasteiger partial charge in [0.05, 0.1) is 18.4 Å². The number of halogens is 3. The zero-order valence-electron chi connectivity index (χ0n) is 12.1. The lowest BCUT2D eigenvalue weighted by molar-refractivity contribution is -0.274. The number of ether oxygens (including phenoxy) is 1. The van der Waals surface area contributed by atoms with Crippen LogP contribution in [0, 0.1) is 0 Å². The standard InChI is InChI=1S/C15H14F3NO4/c1-14(21,12-7-4-8-22-12)9-19-13(20)10-5-2-3-6-11(10)23-15(16,17)18/h2-8,21H,9H2,1H3,(H,19,20). The number of nitrogens with one attached hydrogen (secondary N) is 1. The van der Waals surface area contributed by atoms with Crippen molar-refractivity contribution in [3.05, 3.63) is 54.0 Å². The molecule has 0 aliphatic heterocycles. The first kappa shape index (κ1) is 16.9. The van der Waals surface area contributed by atoms with Crippen LogP contribution in [0.25, 0.3) is 0 Å². The third-order valence-electron chi connectivity index (χ3n) is 3.00. The topological polar surface area (TPSA) is 71.7 Å². The summed E-state index contributed by atoms with van der Waals surface area (Å²) in [5.74, 6) is -1.20. The molecule has 23 heavy (non-hydrogen) atoms. The summed E-state index contributed by atoms with van der Waals surface area (Å²) < 4.78 is 45.9. The van der Waals surface area contributed by atoms with Gasteiger partial charge in [0.1, 0.15) is 17.1 Å². The lowest BCUT2D eigenvalue weighted by Gasteiger charge is -2.21. The van der Waals surface area contributed by atoms with Crippen LogP contribution in [-0.4, -0.2) is 23.9 Å². The number of carbonyl (C=O) groups is 1. The monoisotopic (exact) mass is 329 g/mol. The number of hydrogen-bond acceptors (Lipinski definition) is 4. The molecule has 2 N–H and O–H groups in total. The molecule has 0 spiro atoms. The molecule has 0 aliphatic carbocycles. The van der Waals surface area contributed by atoms with Gasteiger partial charge >= 0.3 is 6.36 Å². The van der Waals surface area contributed by atoms with E-state index in [4.69, 9.17) is 4.42 Å². The highest BCUT2D eigenvalue weighted by Crippen LogP contribution is 2.26. The number of para-hydroxylation sites is 1. The Labute approximate surface area is 129 Å². The maximum Gasteiger partial charge on any atom is 0.573 e. The van der Waals surface area contributed by atoms with Crippen molar-refractivity contribution in [3.8, 4) is 5.75 Å². The highest BCUT2D eigenvalue weighted by Gasteiger charge is 2.33. The Bertz CT molecular complexity index is 666. The summed E-state index contributed by atoms with van der Waals surface area (Å²) in [6.07, 6.45) is -3.55. The molecule has 0 saturated carbocycles. The van der Waals surface area contributed by atoms with Crippen LogP contribution in [0.1, 0.15) is 23.0 Å². The van der Waals surface area contributed by atoms with Gasteiger partial charge in [-0.05, 0) is 31.2 Å². The number of rotatable bonds is 5. The van der Waals surface area contributed by atoms with Crippen molar-refractivity contribution in [2.45, 2.75) is 18.9 Å². The van der Waals surface area contributed by atoms with Crippen molar-refractivity contribution in [2.24, 2.45) is 0 Å². The van der Waals surface area contributed by atoms with Crippen molar-refractivity contribution < 1.29 is 32.2 Å². The second-order valence-electron chi connectivity index (χ2n) is 4.98. The average molecular weight is 329 g/mol. The number of hydrogen-bond donors (Lipinski definition) is 2. The molecule has 0 radical (unpaired) electrons. The number of alkyl halides is 3. The van der Waals surface area contributed by atoms with Gasteiger partial charge in [-0.3, -0.25) is 4.79 Å². The van der Waals surface area contributed by atoms with Crippen molar-refractivity contribution in [1.82, 2.24) is 5.32 Å². The number of benzene rings is 1. The van der Waals surface area contributed by atoms with Crippen molar-refractivity contribution in [2.75, 3.05) is 6.54 Å². The molecule has 2 aromatic rings. The lowest BCUT2D eigenvalue weighted by atomic mass is 10.0. The SMILES string of the molecule is CC(O)(CNC(=O)c1ccccc1OC(F)(F)F)c1ccco1. The van der Waals surface area contributed by atoms with E-state index < -0.39 is 23.6 Å². The quantitative estimate of drug-likeness (QED) is 0.885. The Morgan fingerprint density at radius 3 is 2.57 bits per heavy atom. The van der Waals surface area contributed by atoms with Gasteiger partial charge in [-0.25, -0.2) is 0 Å². The van der Waals surface area contributed by atoms with Gasteiger partial charge in [0, 0.05) is 0 Å².